The molecule has 0 aliphatic carbocycles. The van der Waals surface area contributed by atoms with Gasteiger partial charge in [0.1, 0.15) is 17.7 Å². The molecule has 20 heavy (non-hydrogen) atoms. The number of halogens is 1. The fourth-order valence-corrected chi connectivity index (χ4v) is 2.66. The van der Waals surface area contributed by atoms with E-state index in [1.165, 1.54) is 5.56 Å². The molecular formula is C17H18FNO. The van der Waals surface area contributed by atoms with Gasteiger partial charge in [-0.25, -0.2) is 4.39 Å². The van der Waals surface area contributed by atoms with Gasteiger partial charge in [0.05, 0.1) is 0 Å². The second-order valence-corrected chi connectivity index (χ2v) is 5.29. The monoisotopic (exact) mass is 271 g/mol. The summed E-state index contributed by atoms with van der Waals surface area (Å²) in [5.74, 6) is 0.787. The highest BCUT2D eigenvalue weighted by molar-refractivity contribution is 5.66. The first-order valence-corrected chi connectivity index (χ1v) is 6.90. The normalized spacial score (nSPS) is 16.9. The molecule has 1 unspecified atom stereocenters. The van der Waals surface area contributed by atoms with E-state index in [-0.39, 0.29) is 11.9 Å². The third-order valence-corrected chi connectivity index (χ3v) is 3.65. The lowest BCUT2D eigenvalue weighted by molar-refractivity contribution is 0.254. The Bertz CT molecular complexity index is 639. The van der Waals surface area contributed by atoms with Gasteiger partial charge >= 0.3 is 0 Å². The fourth-order valence-electron chi connectivity index (χ4n) is 2.66. The van der Waals surface area contributed by atoms with E-state index in [9.17, 15) is 4.39 Å². The van der Waals surface area contributed by atoms with Crippen LogP contribution in [-0.2, 0) is 13.0 Å². The standard InChI is InChI=1S/C17H18FNO/c1-11-7-15-8-12(5-6-17(15)20-11)13-3-4-14(10-19-2)16(18)9-13/h3-6,8-9,11,19H,7,10H2,1-2H3. The second kappa shape index (κ2) is 5.25. The summed E-state index contributed by atoms with van der Waals surface area (Å²) < 4.78 is 19.7. The van der Waals surface area contributed by atoms with Gasteiger partial charge in [0, 0.05) is 18.5 Å². The molecule has 104 valence electrons. The second-order valence-electron chi connectivity index (χ2n) is 5.29. The van der Waals surface area contributed by atoms with E-state index in [2.05, 4.69) is 18.3 Å². The van der Waals surface area contributed by atoms with Crippen LogP contribution in [-0.4, -0.2) is 13.2 Å². The molecule has 2 aromatic carbocycles. The maximum atomic E-state index is 14.0. The molecule has 0 radical (unpaired) electrons. The summed E-state index contributed by atoms with van der Waals surface area (Å²) in [5.41, 5.74) is 3.84. The van der Waals surface area contributed by atoms with E-state index in [4.69, 9.17) is 4.74 Å². The van der Waals surface area contributed by atoms with Crippen molar-refractivity contribution in [2.75, 3.05) is 7.05 Å². The number of ether oxygens (including phenoxy) is 1. The lowest BCUT2D eigenvalue weighted by atomic mass is 10.00. The zero-order chi connectivity index (χ0) is 14.1. The Hall–Kier alpha value is -1.87. The predicted octanol–water partition coefficient (Wildman–Crippen LogP) is 3.54. The number of fused-ring (bicyclic) bond motifs is 1. The Labute approximate surface area is 118 Å². The third-order valence-electron chi connectivity index (χ3n) is 3.65. The van der Waals surface area contributed by atoms with Crippen LogP contribution in [0, 0.1) is 5.82 Å². The van der Waals surface area contributed by atoms with Crippen molar-refractivity contribution in [2.24, 2.45) is 0 Å². The highest BCUT2D eigenvalue weighted by Crippen LogP contribution is 2.33. The average Bonchev–Trinajstić information content (AvgIpc) is 2.80. The molecular weight excluding hydrogens is 253 g/mol. The Morgan fingerprint density at radius 2 is 1.95 bits per heavy atom. The first-order chi connectivity index (χ1) is 9.67. The molecule has 1 aliphatic rings. The third kappa shape index (κ3) is 2.41. The highest BCUT2D eigenvalue weighted by Gasteiger charge is 2.19. The first-order valence-electron chi connectivity index (χ1n) is 6.90. The van der Waals surface area contributed by atoms with E-state index < -0.39 is 0 Å². The number of hydrogen-bond acceptors (Lipinski definition) is 2. The molecule has 1 N–H and O–H groups in total. The van der Waals surface area contributed by atoms with Gasteiger partial charge in [-0.1, -0.05) is 18.2 Å². The molecule has 0 spiro atoms. The Balaban J connectivity index is 1.94. The van der Waals surface area contributed by atoms with Gasteiger partial charge in [0.2, 0.25) is 0 Å². The molecule has 0 saturated carbocycles. The van der Waals surface area contributed by atoms with Crippen molar-refractivity contribution < 1.29 is 9.13 Å². The van der Waals surface area contributed by atoms with Gasteiger partial charge in [0.15, 0.2) is 0 Å². The number of hydrogen-bond donors (Lipinski definition) is 1. The van der Waals surface area contributed by atoms with Crippen LogP contribution in [0.15, 0.2) is 36.4 Å². The number of nitrogens with one attached hydrogen (secondary N) is 1. The zero-order valence-corrected chi connectivity index (χ0v) is 11.7. The van der Waals surface area contributed by atoms with Crippen LogP contribution in [0.5, 0.6) is 5.75 Å². The Morgan fingerprint density at radius 1 is 1.20 bits per heavy atom. The van der Waals surface area contributed by atoms with Crippen molar-refractivity contribution in [3.8, 4) is 16.9 Å². The van der Waals surface area contributed by atoms with Crippen molar-refractivity contribution in [2.45, 2.75) is 26.0 Å². The van der Waals surface area contributed by atoms with Crippen molar-refractivity contribution in [1.29, 1.82) is 0 Å². The molecule has 0 fully saturated rings. The average molecular weight is 271 g/mol. The van der Waals surface area contributed by atoms with E-state index in [1.54, 1.807) is 6.07 Å². The summed E-state index contributed by atoms with van der Waals surface area (Å²) in [4.78, 5) is 0. The van der Waals surface area contributed by atoms with E-state index in [1.807, 2.05) is 31.3 Å². The Kier molecular flexibility index (Phi) is 3.45. The van der Waals surface area contributed by atoms with Gasteiger partial charge in [-0.3, -0.25) is 0 Å². The van der Waals surface area contributed by atoms with Gasteiger partial charge in [-0.15, -0.1) is 0 Å². The van der Waals surface area contributed by atoms with Crippen LogP contribution in [0.3, 0.4) is 0 Å². The van der Waals surface area contributed by atoms with Crippen LogP contribution < -0.4 is 10.1 Å². The van der Waals surface area contributed by atoms with Gasteiger partial charge in [0.25, 0.3) is 0 Å². The molecule has 1 heterocycles. The summed E-state index contributed by atoms with van der Waals surface area (Å²) in [6.07, 6.45) is 1.15. The van der Waals surface area contributed by atoms with Crippen LogP contribution >= 0.6 is 0 Å². The summed E-state index contributed by atoms with van der Waals surface area (Å²) in [6, 6.07) is 11.5. The predicted molar refractivity (Wildman–Crippen MR) is 78.4 cm³/mol. The van der Waals surface area contributed by atoms with Gasteiger partial charge < -0.3 is 10.1 Å². The molecule has 1 aliphatic heterocycles. The van der Waals surface area contributed by atoms with Crippen molar-refractivity contribution in [1.82, 2.24) is 5.32 Å². The smallest absolute Gasteiger partial charge is 0.128 e. The van der Waals surface area contributed by atoms with E-state index in [0.717, 1.165) is 23.3 Å². The minimum absolute atomic E-state index is 0.165. The zero-order valence-electron chi connectivity index (χ0n) is 11.7. The van der Waals surface area contributed by atoms with Crippen molar-refractivity contribution in [3.05, 3.63) is 53.3 Å². The molecule has 0 aromatic heterocycles. The minimum atomic E-state index is -0.165. The van der Waals surface area contributed by atoms with Crippen LogP contribution in [0.2, 0.25) is 0 Å². The summed E-state index contributed by atoms with van der Waals surface area (Å²) in [5, 5.41) is 2.97. The molecule has 0 amide bonds. The molecule has 2 nitrogen and oxygen atoms in total. The molecule has 0 saturated heterocycles. The van der Waals surface area contributed by atoms with Gasteiger partial charge in [-0.2, -0.15) is 0 Å². The van der Waals surface area contributed by atoms with Gasteiger partial charge in [-0.05, 0) is 48.9 Å². The summed E-state index contributed by atoms with van der Waals surface area (Å²) in [6.45, 7) is 2.60. The molecule has 3 heteroatoms. The maximum absolute atomic E-state index is 14.0. The lowest BCUT2D eigenvalue weighted by Crippen LogP contribution is -2.06. The number of rotatable bonds is 3. The van der Waals surface area contributed by atoms with Crippen molar-refractivity contribution >= 4 is 0 Å². The fraction of sp³-hybridized carbons (Fsp3) is 0.294. The topological polar surface area (TPSA) is 21.3 Å². The summed E-state index contributed by atoms with van der Waals surface area (Å²) >= 11 is 0. The highest BCUT2D eigenvalue weighted by atomic mass is 19.1. The van der Waals surface area contributed by atoms with Crippen LogP contribution in [0.25, 0.3) is 11.1 Å². The van der Waals surface area contributed by atoms with Crippen LogP contribution in [0.4, 0.5) is 4.39 Å². The largest absolute Gasteiger partial charge is 0.490 e. The summed E-state index contributed by atoms with van der Waals surface area (Å²) in [7, 11) is 1.81. The van der Waals surface area contributed by atoms with E-state index >= 15 is 0 Å². The van der Waals surface area contributed by atoms with Crippen molar-refractivity contribution in [3.63, 3.8) is 0 Å². The minimum Gasteiger partial charge on any atom is -0.490 e. The van der Waals surface area contributed by atoms with E-state index in [0.29, 0.717) is 12.1 Å². The maximum Gasteiger partial charge on any atom is 0.128 e. The molecule has 1 atom stereocenters. The SMILES string of the molecule is CNCc1ccc(-c2ccc3c(c2)CC(C)O3)cc1F. The lowest BCUT2D eigenvalue weighted by Gasteiger charge is -2.07. The van der Waals surface area contributed by atoms with Crippen LogP contribution in [0.1, 0.15) is 18.1 Å². The first kappa shape index (κ1) is 13.1. The molecule has 0 bridgehead atoms. The molecule has 3 rings (SSSR count). The quantitative estimate of drug-likeness (QED) is 0.922. The molecule has 2 aromatic rings. The number of benzene rings is 2. The Morgan fingerprint density at radius 3 is 2.70 bits per heavy atom.